The molecule has 2 nitrogen and oxygen atoms in total. The lowest BCUT2D eigenvalue weighted by Crippen LogP contribution is -2.22. The number of aryl methyl sites for hydroxylation is 1. The summed E-state index contributed by atoms with van der Waals surface area (Å²) in [6.45, 7) is 2.02. The molecule has 0 aliphatic rings. The molecule has 0 unspecified atom stereocenters. The number of phenolic OH excluding ortho intramolecular Hbond substituents is 1. The van der Waals surface area contributed by atoms with Crippen molar-refractivity contribution in [1.82, 2.24) is 0 Å². The van der Waals surface area contributed by atoms with Crippen LogP contribution in [-0.4, -0.2) is 11.3 Å². The fourth-order valence-corrected chi connectivity index (χ4v) is 8.31. The van der Waals surface area contributed by atoms with E-state index >= 15 is 0 Å². The summed E-state index contributed by atoms with van der Waals surface area (Å²) in [5, 5.41) is 19.2. The van der Waals surface area contributed by atoms with Crippen LogP contribution in [0.2, 0.25) is 0 Å². The number of hydrogen-bond acceptors (Lipinski definition) is 2. The number of hydrogen-bond donors (Lipinski definition) is 1. The zero-order valence-corrected chi connectivity index (χ0v) is 24.7. The Morgan fingerprint density at radius 1 is 0.558 bits per heavy atom. The largest absolute Gasteiger partial charge is 0.507 e. The Balaban J connectivity index is 1.57. The van der Waals surface area contributed by atoms with E-state index in [9.17, 15) is 5.11 Å². The second kappa shape index (κ2) is 11.7. The molecule has 0 aliphatic carbocycles. The summed E-state index contributed by atoms with van der Waals surface area (Å²) in [5.41, 5.74) is 4.95. The molecule has 0 radical (unpaired) electrons. The molecule has 0 fully saturated rings. The van der Waals surface area contributed by atoms with Crippen molar-refractivity contribution >= 4 is 57.3 Å². The molecule has 0 saturated heterocycles. The van der Waals surface area contributed by atoms with Gasteiger partial charge in [-0.1, -0.05) is 139 Å². The molecule has 7 aromatic carbocycles. The smallest absolute Gasteiger partial charge is 0.124 e. The maximum Gasteiger partial charge on any atom is 0.124 e. The quantitative estimate of drug-likeness (QED) is 0.157. The fraction of sp³-hybridized carbons (Fsp3) is 0.0250. The number of aliphatic imine (C=N–C) groups is 1. The van der Waals surface area contributed by atoms with Crippen LogP contribution in [0.4, 0.5) is 5.69 Å². The van der Waals surface area contributed by atoms with Gasteiger partial charge in [0.1, 0.15) is 5.75 Å². The first kappa shape index (κ1) is 26.8. The molecule has 0 atom stereocenters. The average Bonchev–Trinajstić information content (AvgIpc) is 3.06. The lowest BCUT2D eigenvalue weighted by atomic mass is 9.92. The molecule has 206 valence electrons. The van der Waals surface area contributed by atoms with Gasteiger partial charge in [0, 0.05) is 22.9 Å². The Morgan fingerprint density at radius 2 is 1.12 bits per heavy atom. The molecule has 0 amide bonds. The van der Waals surface area contributed by atoms with Gasteiger partial charge in [-0.05, 0) is 70.5 Å². The van der Waals surface area contributed by atoms with E-state index in [2.05, 4.69) is 133 Å². The van der Waals surface area contributed by atoms with Gasteiger partial charge in [-0.25, -0.2) is 0 Å². The molecule has 0 heterocycles. The highest BCUT2D eigenvalue weighted by molar-refractivity contribution is 7.80. The van der Waals surface area contributed by atoms with Gasteiger partial charge in [-0.15, -0.1) is 0 Å². The second-order valence-electron chi connectivity index (χ2n) is 10.7. The minimum absolute atomic E-state index is 0.221. The molecule has 7 aromatic rings. The molecule has 0 aliphatic heterocycles. The summed E-state index contributed by atoms with van der Waals surface area (Å²) in [6, 6.07) is 53.4. The van der Waals surface area contributed by atoms with Crippen molar-refractivity contribution in [3.05, 3.63) is 163 Å². The monoisotopic (exact) mass is 571 g/mol. The number of rotatable bonds is 6. The van der Waals surface area contributed by atoms with Gasteiger partial charge in [0.2, 0.25) is 0 Å². The highest BCUT2D eigenvalue weighted by atomic mass is 31.1. The minimum atomic E-state index is -0.886. The molecule has 1 N–H and O–H groups in total. The van der Waals surface area contributed by atoms with Crippen LogP contribution in [0.1, 0.15) is 11.1 Å². The Hall–Kier alpha value is -5.04. The lowest BCUT2D eigenvalue weighted by molar-refractivity contribution is 0.474. The number of fused-ring (bicyclic) bond motifs is 2. The summed E-state index contributed by atoms with van der Waals surface area (Å²) in [6.07, 6.45) is 1.79. The molecule has 0 aromatic heterocycles. The molecule has 43 heavy (non-hydrogen) atoms. The van der Waals surface area contributed by atoms with Crippen molar-refractivity contribution in [1.29, 1.82) is 0 Å². The molecule has 0 saturated carbocycles. The van der Waals surface area contributed by atoms with E-state index in [1.165, 1.54) is 32.2 Å². The minimum Gasteiger partial charge on any atom is -0.507 e. The first-order chi connectivity index (χ1) is 21.2. The summed E-state index contributed by atoms with van der Waals surface area (Å²) < 4.78 is 0. The third-order valence-corrected chi connectivity index (χ3v) is 10.3. The number of nitrogens with zero attached hydrogens (tertiary/aromatic N) is 1. The maximum atomic E-state index is 10.6. The summed E-state index contributed by atoms with van der Waals surface area (Å²) in [4.78, 5) is 5.08. The second-order valence-corrected chi connectivity index (χ2v) is 12.9. The van der Waals surface area contributed by atoms with E-state index < -0.39 is 7.92 Å². The highest BCUT2D eigenvalue weighted by Crippen LogP contribution is 2.45. The highest BCUT2D eigenvalue weighted by Gasteiger charge is 2.24. The Morgan fingerprint density at radius 3 is 1.77 bits per heavy atom. The van der Waals surface area contributed by atoms with Gasteiger partial charge in [0.15, 0.2) is 0 Å². The van der Waals surface area contributed by atoms with Crippen molar-refractivity contribution < 1.29 is 5.11 Å². The van der Waals surface area contributed by atoms with Gasteiger partial charge < -0.3 is 5.11 Å². The molecule has 7 rings (SSSR count). The topological polar surface area (TPSA) is 32.6 Å². The van der Waals surface area contributed by atoms with Gasteiger partial charge in [0.25, 0.3) is 0 Å². The number of phenols is 1. The Kier molecular flexibility index (Phi) is 7.29. The van der Waals surface area contributed by atoms with Gasteiger partial charge in [0.05, 0.1) is 5.69 Å². The third-order valence-electron chi connectivity index (χ3n) is 7.86. The van der Waals surface area contributed by atoms with Crippen molar-refractivity contribution in [3.63, 3.8) is 0 Å². The standard InChI is InChI=1S/C40H30NOP/c1-28-20-24-37(42)31(26-28)27-41-36-23-21-29-12-8-10-18-34(29)39(36)40-35-19-11-9-13-30(35)22-25-38(40)43(32-14-4-2-5-15-32)33-16-6-3-7-17-33/h2-27,42H,1H3. The van der Waals surface area contributed by atoms with Crippen molar-refractivity contribution in [2.75, 3.05) is 0 Å². The van der Waals surface area contributed by atoms with Crippen LogP contribution < -0.4 is 15.9 Å². The predicted octanol–water partition coefficient (Wildman–Crippen LogP) is 9.18. The van der Waals surface area contributed by atoms with Crippen LogP contribution in [0.25, 0.3) is 32.7 Å². The normalized spacial score (nSPS) is 11.6. The van der Waals surface area contributed by atoms with Crippen molar-refractivity contribution in [2.45, 2.75) is 6.92 Å². The van der Waals surface area contributed by atoms with Crippen molar-refractivity contribution in [2.24, 2.45) is 4.99 Å². The van der Waals surface area contributed by atoms with Crippen LogP contribution in [-0.2, 0) is 0 Å². The van der Waals surface area contributed by atoms with E-state index in [1.54, 1.807) is 12.3 Å². The van der Waals surface area contributed by atoms with Crippen LogP contribution >= 0.6 is 7.92 Å². The Bertz CT molecular complexity index is 2060. The Labute approximate surface area is 253 Å². The van der Waals surface area contributed by atoms with Gasteiger partial charge in [-0.2, -0.15) is 0 Å². The van der Waals surface area contributed by atoms with E-state index in [0.29, 0.717) is 5.56 Å². The third kappa shape index (κ3) is 5.23. The lowest BCUT2D eigenvalue weighted by Gasteiger charge is -2.25. The fourth-order valence-electron chi connectivity index (χ4n) is 5.84. The molecule has 3 heteroatoms. The van der Waals surface area contributed by atoms with E-state index in [4.69, 9.17) is 4.99 Å². The van der Waals surface area contributed by atoms with Crippen molar-refractivity contribution in [3.8, 4) is 16.9 Å². The first-order valence-corrected chi connectivity index (χ1v) is 15.8. The van der Waals surface area contributed by atoms with Gasteiger partial charge >= 0.3 is 0 Å². The summed E-state index contributed by atoms with van der Waals surface area (Å²) in [5.74, 6) is 0.221. The number of benzene rings is 7. The van der Waals surface area contributed by atoms with Gasteiger partial charge in [-0.3, -0.25) is 4.99 Å². The average molecular weight is 572 g/mol. The van der Waals surface area contributed by atoms with E-state index in [1.807, 2.05) is 19.1 Å². The summed E-state index contributed by atoms with van der Waals surface area (Å²) in [7, 11) is -0.886. The van der Waals surface area contributed by atoms with Crippen LogP contribution in [0.15, 0.2) is 157 Å². The summed E-state index contributed by atoms with van der Waals surface area (Å²) >= 11 is 0. The molecule has 0 bridgehead atoms. The first-order valence-electron chi connectivity index (χ1n) is 14.5. The number of aromatic hydroxyl groups is 1. The molecular formula is C40H30NOP. The molecule has 0 spiro atoms. The van der Waals surface area contributed by atoms with E-state index in [-0.39, 0.29) is 5.75 Å². The SMILES string of the molecule is Cc1ccc(O)c(C=Nc2ccc3ccccc3c2-c2c(P(c3ccccc3)c3ccccc3)ccc3ccccc23)c1. The molecular weight excluding hydrogens is 541 g/mol. The van der Waals surface area contributed by atoms with Crippen LogP contribution in [0, 0.1) is 6.92 Å². The van der Waals surface area contributed by atoms with Crippen LogP contribution in [0.3, 0.4) is 0 Å². The van der Waals surface area contributed by atoms with Crippen LogP contribution in [0.5, 0.6) is 5.75 Å². The maximum absolute atomic E-state index is 10.6. The zero-order chi connectivity index (χ0) is 29.2. The van der Waals surface area contributed by atoms with E-state index in [0.717, 1.165) is 27.6 Å². The predicted molar refractivity (Wildman–Crippen MR) is 186 cm³/mol. The zero-order valence-electron chi connectivity index (χ0n) is 23.9.